The Balaban J connectivity index is 1.70. The Kier molecular flexibility index (Phi) is 5.37. The summed E-state index contributed by atoms with van der Waals surface area (Å²) in [5.74, 6) is 0.715. The number of nitrogens with two attached hydrogens (primary N) is 1. The molecule has 106 valence electrons. The third kappa shape index (κ3) is 4.03. The average Bonchev–Trinajstić information content (AvgIpc) is 2.71. The Morgan fingerprint density at radius 1 is 1.26 bits per heavy atom. The molecule has 3 nitrogen and oxygen atoms in total. The van der Waals surface area contributed by atoms with E-state index in [1.807, 2.05) is 0 Å². The van der Waals surface area contributed by atoms with E-state index < -0.39 is 0 Å². The number of hydrogen-bond donors (Lipinski definition) is 2. The van der Waals surface area contributed by atoms with Crippen LogP contribution in [0.1, 0.15) is 49.9 Å². The zero-order chi connectivity index (χ0) is 13.7. The standard InChI is InChI=1S/C16H26N2O/c1-12(2)7-9-19-10-8-18-16-11-15(17)13-5-3-4-6-14(13)16/h3-6,12,15-16,18H,7-11,17H2,1-2H3. The van der Waals surface area contributed by atoms with Gasteiger partial charge in [-0.15, -0.1) is 0 Å². The highest BCUT2D eigenvalue weighted by Gasteiger charge is 2.27. The molecule has 0 heterocycles. The summed E-state index contributed by atoms with van der Waals surface area (Å²) in [4.78, 5) is 0. The molecule has 1 aliphatic carbocycles. The fourth-order valence-corrected chi connectivity index (χ4v) is 2.59. The molecule has 1 aromatic carbocycles. The Morgan fingerprint density at radius 3 is 2.74 bits per heavy atom. The van der Waals surface area contributed by atoms with Gasteiger partial charge in [-0.05, 0) is 29.9 Å². The lowest BCUT2D eigenvalue weighted by Crippen LogP contribution is -2.24. The molecular formula is C16H26N2O. The van der Waals surface area contributed by atoms with E-state index in [4.69, 9.17) is 10.5 Å². The average molecular weight is 262 g/mol. The molecule has 2 rings (SSSR count). The van der Waals surface area contributed by atoms with E-state index in [2.05, 4.69) is 43.4 Å². The van der Waals surface area contributed by atoms with Gasteiger partial charge in [-0.1, -0.05) is 38.1 Å². The zero-order valence-corrected chi connectivity index (χ0v) is 12.1. The van der Waals surface area contributed by atoms with Crippen LogP contribution in [0.15, 0.2) is 24.3 Å². The maximum Gasteiger partial charge on any atom is 0.0591 e. The molecule has 2 atom stereocenters. The first kappa shape index (κ1) is 14.5. The molecular weight excluding hydrogens is 236 g/mol. The third-order valence-corrected chi connectivity index (χ3v) is 3.74. The van der Waals surface area contributed by atoms with Gasteiger partial charge in [0.05, 0.1) is 6.61 Å². The number of ether oxygens (including phenoxy) is 1. The number of rotatable bonds is 7. The van der Waals surface area contributed by atoms with Crippen molar-refractivity contribution in [3.8, 4) is 0 Å². The van der Waals surface area contributed by atoms with Crippen LogP contribution in [0.2, 0.25) is 0 Å². The molecule has 0 amide bonds. The van der Waals surface area contributed by atoms with Crippen molar-refractivity contribution in [3.05, 3.63) is 35.4 Å². The Hall–Kier alpha value is -0.900. The minimum absolute atomic E-state index is 0.176. The summed E-state index contributed by atoms with van der Waals surface area (Å²) >= 11 is 0. The van der Waals surface area contributed by atoms with Crippen LogP contribution in [0.25, 0.3) is 0 Å². The molecule has 0 aliphatic heterocycles. The lowest BCUT2D eigenvalue weighted by Gasteiger charge is -2.14. The van der Waals surface area contributed by atoms with Crippen LogP contribution in [-0.4, -0.2) is 19.8 Å². The van der Waals surface area contributed by atoms with Crippen molar-refractivity contribution >= 4 is 0 Å². The zero-order valence-electron chi connectivity index (χ0n) is 12.1. The molecule has 0 spiro atoms. The van der Waals surface area contributed by atoms with Gasteiger partial charge in [0.15, 0.2) is 0 Å². The molecule has 3 heteroatoms. The van der Waals surface area contributed by atoms with E-state index in [9.17, 15) is 0 Å². The second-order valence-corrected chi connectivity index (χ2v) is 5.77. The fraction of sp³-hybridized carbons (Fsp3) is 0.625. The number of benzene rings is 1. The molecule has 3 N–H and O–H groups in total. The van der Waals surface area contributed by atoms with E-state index >= 15 is 0 Å². The number of fused-ring (bicyclic) bond motifs is 1. The topological polar surface area (TPSA) is 47.3 Å². The van der Waals surface area contributed by atoms with Gasteiger partial charge in [0, 0.05) is 25.2 Å². The van der Waals surface area contributed by atoms with Gasteiger partial charge in [0.25, 0.3) is 0 Å². The first-order valence-corrected chi connectivity index (χ1v) is 7.34. The minimum atomic E-state index is 0.176. The highest BCUT2D eigenvalue weighted by atomic mass is 16.5. The third-order valence-electron chi connectivity index (χ3n) is 3.74. The fourth-order valence-electron chi connectivity index (χ4n) is 2.59. The Morgan fingerprint density at radius 2 is 2.00 bits per heavy atom. The second-order valence-electron chi connectivity index (χ2n) is 5.77. The minimum Gasteiger partial charge on any atom is -0.380 e. The smallest absolute Gasteiger partial charge is 0.0591 e. The van der Waals surface area contributed by atoms with Gasteiger partial charge in [-0.3, -0.25) is 0 Å². The van der Waals surface area contributed by atoms with Crippen molar-refractivity contribution in [2.24, 2.45) is 11.7 Å². The molecule has 0 saturated heterocycles. The van der Waals surface area contributed by atoms with Crippen LogP contribution >= 0.6 is 0 Å². The van der Waals surface area contributed by atoms with Crippen molar-refractivity contribution in [2.75, 3.05) is 19.8 Å². The molecule has 0 aromatic heterocycles. The van der Waals surface area contributed by atoms with E-state index in [0.717, 1.165) is 32.6 Å². The van der Waals surface area contributed by atoms with E-state index in [1.165, 1.54) is 11.1 Å². The molecule has 0 saturated carbocycles. The molecule has 0 bridgehead atoms. The number of nitrogens with one attached hydrogen (secondary N) is 1. The first-order valence-electron chi connectivity index (χ1n) is 7.34. The van der Waals surface area contributed by atoms with Gasteiger partial charge in [0.2, 0.25) is 0 Å². The SMILES string of the molecule is CC(C)CCOCCNC1CC(N)c2ccccc21. The van der Waals surface area contributed by atoms with Gasteiger partial charge in [0.1, 0.15) is 0 Å². The highest BCUT2D eigenvalue weighted by Crippen LogP contribution is 2.36. The first-order chi connectivity index (χ1) is 9.18. The summed E-state index contributed by atoms with van der Waals surface area (Å²) in [7, 11) is 0. The van der Waals surface area contributed by atoms with Gasteiger partial charge in [-0.2, -0.15) is 0 Å². The monoisotopic (exact) mass is 262 g/mol. The highest BCUT2D eigenvalue weighted by molar-refractivity contribution is 5.37. The molecule has 0 radical (unpaired) electrons. The summed E-state index contributed by atoms with van der Waals surface area (Å²) < 4.78 is 5.63. The molecule has 2 unspecified atom stereocenters. The summed E-state index contributed by atoms with van der Waals surface area (Å²) in [6.45, 7) is 6.97. The van der Waals surface area contributed by atoms with Gasteiger partial charge in [-0.25, -0.2) is 0 Å². The van der Waals surface area contributed by atoms with Crippen LogP contribution in [0.4, 0.5) is 0 Å². The van der Waals surface area contributed by atoms with Crippen molar-refractivity contribution < 1.29 is 4.74 Å². The maximum absolute atomic E-state index is 6.15. The summed E-state index contributed by atoms with van der Waals surface area (Å²) in [5, 5.41) is 3.55. The Labute approximate surface area is 116 Å². The summed E-state index contributed by atoms with van der Waals surface area (Å²) in [5.41, 5.74) is 8.80. The van der Waals surface area contributed by atoms with E-state index in [0.29, 0.717) is 12.0 Å². The quantitative estimate of drug-likeness (QED) is 0.743. The maximum atomic E-state index is 6.15. The second kappa shape index (κ2) is 7.04. The van der Waals surface area contributed by atoms with Crippen LogP contribution in [-0.2, 0) is 4.74 Å². The van der Waals surface area contributed by atoms with Crippen LogP contribution in [0.3, 0.4) is 0 Å². The molecule has 19 heavy (non-hydrogen) atoms. The summed E-state index contributed by atoms with van der Waals surface area (Å²) in [6.07, 6.45) is 2.13. The van der Waals surface area contributed by atoms with E-state index in [1.54, 1.807) is 0 Å². The van der Waals surface area contributed by atoms with Crippen LogP contribution in [0, 0.1) is 5.92 Å². The Bertz CT molecular complexity index is 392. The van der Waals surface area contributed by atoms with Crippen molar-refractivity contribution in [2.45, 2.75) is 38.8 Å². The largest absolute Gasteiger partial charge is 0.380 e. The molecule has 0 fully saturated rings. The van der Waals surface area contributed by atoms with Crippen molar-refractivity contribution in [1.82, 2.24) is 5.32 Å². The van der Waals surface area contributed by atoms with Gasteiger partial charge < -0.3 is 15.8 Å². The van der Waals surface area contributed by atoms with Crippen LogP contribution < -0.4 is 11.1 Å². The predicted octanol–water partition coefficient (Wildman–Crippen LogP) is 2.78. The predicted molar refractivity (Wildman–Crippen MR) is 79.0 cm³/mol. The lowest BCUT2D eigenvalue weighted by molar-refractivity contribution is 0.123. The van der Waals surface area contributed by atoms with Gasteiger partial charge >= 0.3 is 0 Å². The molecule has 1 aromatic rings. The van der Waals surface area contributed by atoms with Crippen molar-refractivity contribution in [3.63, 3.8) is 0 Å². The van der Waals surface area contributed by atoms with Crippen molar-refractivity contribution in [1.29, 1.82) is 0 Å². The summed E-state index contributed by atoms with van der Waals surface area (Å²) in [6, 6.07) is 9.04. The van der Waals surface area contributed by atoms with E-state index in [-0.39, 0.29) is 6.04 Å². The molecule has 1 aliphatic rings. The number of hydrogen-bond acceptors (Lipinski definition) is 3. The van der Waals surface area contributed by atoms with Crippen LogP contribution in [0.5, 0.6) is 0 Å². The lowest BCUT2D eigenvalue weighted by atomic mass is 10.1. The normalized spacial score (nSPS) is 21.9.